The SMILES string of the molecule is C=CCNC(=NC)N1CCC(CN(CC)C(=O)OC(C)(C)C)CC1. The second kappa shape index (κ2) is 9.55. The number of amides is 1. The van der Waals surface area contributed by atoms with Gasteiger partial charge in [0.2, 0.25) is 0 Å². The molecule has 0 aliphatic carbocycles. The van der Waals surface area contributed by atoms with Crippen molar-refractivity contribution in [3.8, 4) is 0 Å². The number of aliphatic imine (C=N–C) groups is 1. The molecule has 24 heavy (non-hydrogen) atoms. The second-order valence-corrected chi connectivity index (χ2v) is 7.17. The maximum atomic E-state index is 12.3. The maximum absolute atomic E-state index is 12.3. The molecule has 1 aliphatic rings. The van der Waals surface area contributed by atoms with Gasteiger partial charge in [-0.05, 0) is 46.5 Å². The minimum Gasteiger partial charge on any atom is -0.444 e. The van der Waals surface area contributed by atoms with E-state index in [2.05, 4.69) is 21.8 Å². The number of likely N-dealkylation sites (tertiary alicyclic amines) is 1. The van der Waals surface area contributed by atoms with Crippen LogP contribution in [-0.4, -0.2) is 67.2 Å². The Labute approximate surface area is 146 Å². The second-order valence-electron chi connectivity index (χ2n) is 7.17. The van der Waals surface area contributed by atoms with Crippen molar-refractivity contribution in [2.24, 2.45) is 10.9 Å². The zero-order chi connectivity index (χ0) is 18.2. The summed E-state index contributed by atoms with van der Waals surface area (Å²) in [5.41, 5.74) is -0.447. The minimum absolute atomic E-state index is 0.212. The Balaban J connectivity index is 2.49. The summed E-state index contributed by atoms with van der Waals surface area (Å²) in [7, 11) is 1.80. The van der Waals surface area contributed by atoms with Crippen LogP contribution in [0.5, 0.6) is 0 Å². The molecule has 0 unspecified atom stereocenters. The van der Waals surface area contributed by atoms with Crippen molar-refractivity contribution in [2.75, 3.05) is 39.8 Å². The van der Waals surface area contributed by atoms with Crippen LogP contribution in [0.2, 0.25) is 0 Å². The summed E-state index contributed by atoms with van der Waals surface area (Å²) in [6.45, 7) is 15.5. The summed E-state index contributed by atoms with van der Waals surface area (Å²) in [6.07, 6.45) is 3.72. The van der Waals surface area contributed by atoms with Crippen LogP contribution in [-0.2, 0) is 4.74 Å². The summed E-state index contributed by atoms with van der Waals surface area (Å²) in [4.78, 5) is 20.7. The van der Waals surface area contributed by atoms with Gasteiger partial charge in [-0.25, -0.2) is 4.79 Å². The van der Waals surface area contributed by atoms with Crippen molar-refractivity contribution in [3.05, 3.63) is 12.7 Å². The standard InChI is InChI=1S/C18H34N4O2/c1-7-11-20-16(19-6)22-12-9-15(10-13-22)14-21(8-2)17(23)24-18(3,4)5/h7,15H,1,8-14H2,2-6H3,(H,19,20). The van der Waals surface area contributed by atoms with E-state index in [0.717, 1.165) is 45.0 Å². The lowest BCUT2D eigenvalue weighted by molar-refractivity contribution is 0.0214. The molecule has 0 saturated carbocycles. The number of nitrogens with one attached hydrogen (secondary N) is 1. The number of hydrogen-bond donors (Lipinski definition) is 1. The molecule has 138 valence electrons. The lowest BCUT2D eigenvalue weighted by Gasteiger charge is -2.36. The first kappa shape index (κ1) is 20.3. The van der Waals surface area contributed by atoms with Gasteiger partial charge >= 0.3 is 6.09 Å². The van der Waals surface area contributed by atoms with Crippen LogP contribution in [0.25, 0.3) is 0 Å². The Bertz CT molecular complexity index is 435. The van der Waals surface area contributed by atoms with E-state index in [1.54, 1.807) is 7.05 Å². The number of rotatable bonds is 5. The summed E-state index contributed by atoms with van der Waals surface area (Å²) in [6, 6.07) is 0. The lowest BCUT2D eigenvalue weighted by Crippen LogP contribution is -2.47. The largest absolute Gasteiger partial charge is 0.444 e. The van der Waals surface area contributed by atoms with Crippen LogP contribution >= 0.6 is 0 Å². The van der Waals surface area contributed by atoms with Crippen LogP contribution in [0.1, 0.15) is 40.5 Å². The highest BCUT2D eigenvalue weighted by Gasteiger charge is 2.26. The zero-order valence-corrected chi connectivity index (χ0v) is 16.0. The zero-order valence-electron chi connectivity index (χ0n) is 16.0. The third kappa shape index (κ3) is 6.81. The van der Waals surface area contributed by atoms with Gasteiger partial charge in [-0.2, -0.15) is 0 Å². The molecule has 6 nitrogen and oxygen atoms in total. The molecule has 0 aromatic heterocycles. The van der Waals surface area contributed by atoms with Gasteiger partial charge in [0.15, 0.2) is 5.96 Å². The van der Waals surface area contributed by atoms with E-state index >= 15 is 0 Å². The number of guanidine groups is 1. The molecular formula is C18H34N4O2. The van der Waals surface area contributed by atoms with Crippen LogP contribution in [0.3, 0.4) is 0 Å². The Hall–Kier alpha value is -1.72. The number of nitrogens with zero attached hydrogens (tertiary/aromatic N) is 3. The first-order valence-corrected chi connectivity index (χ1v) is 8.85. The highest BCUT2D eigenvalue weighted by Crippen LogP contribution is 2.20. The Morgan fingerprint density at radius 1 is 1.42 bits per heavy atom. The summed E-state index contributed by atoms with van der Waals surface area (Å²) in [5, 5.41) is 3.27. The summed E-state index contributed by atoms with van der Waals surface area (Å²) < 4.78 is 5.49. The molecule has 0 atom stereocenters. The normalized spacial score (nSPS) is 16.7. The number of piperidine rings is 1. The highest BCUT2D eigenvalue weighted by molar-refractivity contribution is 5.80. The van der Waals surface area contributed by atoms with Crippen molar-refractivity contribution in [1.82, 2.24) is 15.1 Å². The first-order valence-electron chi connectivity index (χ1n) is 8.85. The number of hydrogen-bond acceptors (Lipinski definition) is 3. The fourth-order valence-corrected chi connectivity index (χ4v) is 2.79. The van der Waals surface area contributed by atoms with E-state index in [9.17, 15) is 4.79 Å². The van der Waals surface area contributed by atoms with Crippen molar-refractivity contribution in [2.45, 2.75) is 46.1 Å². The van der Waals surface area contributed by atoms with E-state index in [1.807, 2.05) is 38.7 Å². The van der Waals surface area contributed by atoms with E-state index < -0.39 is 5.60 Å². The number of ether oxygens (including phenoxy) is 1. The van der Waals surface area contributed by atoms with Gasteiger partial charge < -0.3 is 19.9 Å². The molecule has 1 N–H and O–H groups in total. The fraction of sp³-hybridized carbons (Fsp3) is 0.778. The third-order valence-electron chi connectivity index (χ3n) is 4.04. The maximum Gasteiger partial charge on any atom is 0.410 e. The van der Waals surface area contributed by atoms with Gasteiger partial charge in [0, 0.05) is 39.8 Å². The van der Waals surface area contributed by atoms with Crippen LogP contribution in [0.4, 0.5) is 4.79 Å². The molecule has 0 spiro atoms. The summed E-state index contributed by atoms with van der Waals surface area (Å²) in [5.74, 6) is 1.43. The van der Waals surface area contributed by atoms with Crippen LogP contribution < -0.4 is 5.32 Å². The smallest absolute Gasteiger partial charge is 0.410 e. The molecule has 1 rings (SSSR count). The van der Waals surface area contributed by atoms with Crippen molar-refractivity contribution in [1.29, 1.82) is 0 Å². The molecule has 0 bridgehead atoms. The van der Waals surface area contributed by atoms with E-state index in [4.69, 9.17) is 4.74 Å². The molecule has 0 aromatic carbocycles. The molecule has 1 aliphatic heterocycles. The molecule has 1 saturated heterocycles. The molecule has 1 amide bonds. The van der Waals surface area contributed by atoms with E-state index in [1.165, 1.54) is 0 Å². The molecule has 1 fully saturated rings. The van der Waals surface area contributed by atoms with Gasteiger partial charge in [0.1, 0.15) is 5.60 Å². The lowest BCUT2D eigenvalue weighted by atomic mass is 9.96. The van der Waals surface area contributed by atoms with E-state index in [-0.39, 0.29) is 6.09 Å². The Morgan fingerprint density at radius 3 is 2.50 bits per heavy atom. The number of carbonyl (C=O) groups excluding carboxylic acids is 1. The van der Waals surface area contributed by atoms with Gasteiger partial charge in [-0.15, -0.1) is 6.58 Å². The fourth-order valence-electron chi connectivity index (χ4n) is 2.79. The minimum atomic E-state index is -0.447. The van der Waals surface area contributed by atoms with Gasteiger partial charge in [0.05, 0.1) is 0 Å². The van der Waals surface area contributed by atoms with Crippen molar-refractivity contribution in [3.63, 3.8) is 0 Å². The van der Waals surface area contributed by atoms with E-state index in [0.29, 0.717) is 12.5 Å². The molecule has 6 heteroatoms. The van der Waals surface area contributed by atoms with Crippen LogP contribution in [0, 0.1) is 5.92 Å². The monoisotopic (exact) mass is 338 g/mol. The first-order chi connectivity index (χ1) is 11.3. The van der Waals surface area contributed by atoms with Crippen molar-refractivity contribution < 1.29 is 9.53 Å². The molecule has 0 aromatic rings. The van der Waals surface area contributed by atoms with Crippen LogP contribution in [0.15, 0.2) is 17.6 Å². The molecular weight excluding hydrogens is 304 g/mol. The highest BCUT2D eigenvalue weighted by atomic mass is 16.6. The van der Waals surface area contributed by atoms with Gasteiger partial charge in [-0.3, -0.25) is 4.99 Å². The third-order valence-corrected chi connectivity index (χ3v) is 4.04. The Kier molecular flexibility index (Phi) is 8.08. The molecule has 1 heterocycles. The number of carbonyl (C=O) groups is 1. The summed E-state index contributed by atoms with van der Waals surface area (Å²) >= 11 is 0. The van der Waals surface area contributed by atoms with Gasteiger partial charge in [-0.1, -0.05) is 6.08 Å². The Morgan fingerprint density at radius 2 is 2.04 bits per heavy atom. The van der Waals surface area contributed by atoms with Gasteiger partial charge in [0.25, 0.3) is 0 Å². The average Bonchev–Trinajstić information content (AvgIpc) is 2.52. The topological polar surface area (TPSA) is 57.2 Å². The quantitative estimate of drug-likeness (QED) is 0.476. The van der Waals surface area contributed by atoms with Crippen molar-refractivity contribution >= 4 is 12.1 Å². The average molecular weight is 338 g/mol. The molecule has 0 radical (unpaired) electrons. The predicted molar refractivity (Wildman–Crippen MR) is 99.3 cm³/mol. The predicted octanol–water partition coefficient (Wildman–Crippen LogP) is 2.72.